The van der Waals surface area contributed by atoms with Gasteiger partial charge >= 0.3 is 0 Å². The van der Waals surface area contributed by atoms with Crippen molar-refractivity contribution < 1.29 is 5.11 Å². The highest BCUT2D eigenvalue weighted by Crippen LogP contribution is 2.21. The number of hydrogen-bond acceptors (Lipinski definition) is 2. The van der Waals surface area contributed by atoms with Crippen LogP contribution in [-0.4, -0.2) is 18.2 Å². The van der Waals surface area contributed by atoms with Crippen molar-refractivity contribution in [3.63, 3.8) is 0 Å². The third kappa shape index (κ3) is 4.49. The Labute approximate surface area is 105 Å². The number of nitrogens with one attached hydrogen (secondary N) is 1. The molecule has 2 nitrogen and oxygen atoms in total. The molecule has 0 aromatic heterocycles. The molecule has 2 N–H and O–H groups in total. The van der Waals surface area contributed by atoms with Crippen LogP contribution in [0.4, 0.5) is 0 Å². The molecule has 0 radical (unpaired) electrons. The monoisotopic (exact) mass is 235 g/mol. The SMILES string of the molecule is CCC(C)(C)CNCC(C)(O)c1ccccc1. The van der Waals surface area contributed by atoms with Crippen molar-refractivity contribution in [3.8, 4) is 0 Å². The first-order valence-electron chi connectivity index (χ1n) is 6.36. The fourth-order valence-corrected chi connectivity index (χ4v) is 1.67. The van der Waals surface area contributed by atoms with Gasteiger partial charge in [0.1, 0.15) is 0 Å². The summed E-state index contributed by atoms with van der Waals surface area (Å²) >= 11 is 0. The first-order chi connectivity index (χ1) is 7.87. The lowest BCUT2D eigenvalue weighted by Gasteiger charge is -2.28. The summed E-state index contributed by atoms with van der Waals surface area (Å²) in [4.78, 5) is 0. The maximum atomic E-state index is 10.4. The molecule has 0 aliphatic rings. The van der Waals surface area contributed by atoms with E-state index in [1.54, 1.807) is 0 Å². The van der Waals surface area contributed by atoms with Crippen molar-refractivity contribution in [1.82, 2.24) is 5.32 Å². The molecule has 1 aromatic carbocycles. The summed E-state index contributed by atoms with van der Waals surface area (Å²) in [6.07, 6.45) is 1.13. The Morgan fingerprint density at radius 3 is 2.18 bits per heavy atom. The van der Waals surface area contributed by atoms with E-state index in [1.807, 2.05) is 37.3 Å². The van der Waals surface area contributed by atoms with E-state index in [0.29, 0.717) is 6.54 Å². The first kappa shape index (κ1) is 14.2. The molecule has 0 fully saturated rings. The maximum absolute atomic E-state index is 10.4. The van der Waals surface area contributed by atoms with E-state index in [2.05, 4.69) is 26.1 Å². The lowest BCUT2D eigenvalue weighted by atomic mass is 9.89. The minimum Gasteiger partial charge on any atom is -0.384 e. The van der Waals surface area contributed by atoms with Crippen LogP contribution in [0, 0.1) is 5.41 Å². The summed E-state index contributed by atoms with van der Waals surface area (Å²) < 4.78 is 0. The number of rotatable bonds is 6. The Morgan fingerprint density at radius 1 is 1.06 bits per heavy atom. The van der Waals surface area contributed by atoms with E-state index in [1.165, 1.54) is 0 Å². The van der Waals surface area contributed by atoms with Crippen LogP contribution in [0.2, 0.25) is 0 Å². The largest absolute Gasteiger partial charge is 0.384 e. The molecule has 0 aliphatic carbocycles. The number of hydrogen-bond donors (Lipinski definition) is 2. The topological polar surface area (TPSA) is 32.3 Å². The van der Waals surface area contributed by atoms with Crippen LogP contribution < -0.4 is 5.32 Å². The minimum atomic E-state index is -0.801. The molecule has 2 heteroatoms. The summed E-state index contributed by atoms with van der Waals surface area (Å²) in [7, 11) is 0. The van der Waals surface area contributed by atoms with E-state index in [-0.39, 0.29) is 5.41 Å². The second-order valence-electron chi connectivity index (χ2n) is 5.76. The van der Waals surface area contributed by atoms with Crippen molar-refractivity contribution in [3.05, 3.63) is 35.9 Å². The second-order valence-corrected chi connectivity index (χ2v) is 5.76. The molecule has 1 aromatic rings. The molecule has 0 saturated heterocycles. The Balaban J connectivity index is 2.51. The zero-order chi connectivity index (χ0) is 12.9. The quantitative estimate of drug-likeness (QED) is 0.794. The Bertz CT molecular complexity index is 330. The van der Waals surface area contributed by atoms with Gasteiger partial charge in [0, 0.05) is 13.1 Å². The van der Waals surface area contributed by atoms with Crippen molar-refractivity contribution in [2.24, 2.45) is 5.41 Å². The van der Waals surface area contributed by atoms with Crippen LogP contribution >= 0.6 is 0 Å². The highest BCUT2D eigenvalue weighted by Gasteiger charge is 2.23. The standard InChI is InChI=1S/C15H25NO/c1-5-14(2,3)11-16-12-15(4,17)13-9-7-6-8-10-13/h6-10,16-17H,5,11-12H2,1-4H3. The van der Waals surface area contributed by atoms with Gasteiger partial charge in [0.05, 0.1) is 5.60 Å². The van der Waals surface area contributed by atoms with E-state index in [4.69, 9.17) is 0 Å². The summed E-state index contributed by atoms with van der Waals surface area (Å²) in [6, 6.07) is 9.81. The Morgan fingerprint density at radius 2 is 1.65 bits per heavy atom. The van der Waals surface area contributed by atoms with Gasteiger partial charge in [-0.25, -0.2) is 0 Å². The highest BCUT2D eigenvalue weighted by molar-refractivity contribution is 5.21. The number of aliphatic hydroxyl groups is 1. The van der Waals surface area contributed by atoms with Crippen molar-refractivity contribution >= 4 is 0 Å². The normalized spacial score (nSPS) is 15.6. The van der Waals surface area contributed by atoms with Crippen LogP contribution in [0.25, 0.3) is 0 Å². The molecule has 0 heterocycles. The van der Waals surface area contributed by atoms with Crippen LogP contribution in [0.3, 0.4) is 0 Å². The van der Waals surface area contributed by atoms with Gasteiger partial charge in [0.2, 0.25) is 0 Å². The van der Waals surface area contributed by atoms with Crippen molar-refractivity contribution in [2.45, 2.75) is 39.7 Å². The van der Waals surface area contributed by atoms with E-state index in [9.17, 15) is 5.11 Å². The first-order valence-corrected chi connectivity index (χ1v) is 6.36. The molecule has 1 unspecified atom stereocenters. The maximum Gasteiger partial charge on any atom is 0.0992 e. The van der Waals surface area contributed by atoms with Gasteiger partial charge in [-0.3, -0.25) is 0 Å². The fraction of sp³-hybridized carbons (Fsp3) is 0.600. The highest BCUT2D eigenvalue weighted by atomic mass is 16.3. The summed E-state index contributed by atoms with van der Waals surface area (Å²) in [6.45, 7) is 10.0. The van der Waals surface area contributed by atoms with Crippen LogP contribution in [-0.2, 0) is 5.60 Å². The molecule has 0 bridgehead atoms. The lowest BCUT2D eigenvalue weighted by molar-refractivity contribution is 0.0542. The van der Waals surface area contributed by atoms with Crippen LogP contribution in [0.5, 0.6) is 0 Å². The molecule has 0 spiro atoms. The zero-order valence-electron chi connectivity index (χ0n) is 11.5. The van der Waals surface area contributed by atoms with Gasteiger partial charge in [-0.2, -0.15) is 0 Å². The molecule has 1 atom stereocenters. The van der Waals surface area contributed by atoms with E-state index >= 15 is 0 Å². The third-order valence-corrected chi connectivity index (χ3v) is 3.43. The van der Waals surface area contributed by atoms with Crippen LogP contribution in [0.1, 0.15) is 39.7 Å². The summed E-state index contributed by atoms with van der Waals surface area (Å²) in [5, 5.41) is 13.8. The predicted molar refractivity (Wildman–Crippen MR) is 73.0 cm³/mol. The van der Waals surface area contributed by atoms with Gasteiger partial charge in [-0.1, -0.05) is 51.1 Å². The molecule has 0 saturated carbocycles. The average Bonchev–Trinajstić information content (AvgIpc) is 2.30. The second kappa shape index (κ2) is 5.65. The average molecular weight is 235 g/mol. The van der Waals surface area contributed by atoms with E-state index in [0.717, 1.165) is 18.5 Å². The van der Waals surface area contributed by atoms with Gasteiger partial charge in [-0.15, -0.1) is 0 Å². The van der Waals surface area contributed by atoms with Gasteiger partial charge in [0.15, 0.2) is 0 Å². The van der Waals surface area contributed by atoms with Crippen LogP contribution in [0.15, 0.2) is 30.3 Å². The molecule has 96 valence electrons. The van der Waals surface area contributed by atoms with Crippen molar-refractivity contribution in [2.75, 3.05) is 13.1 Å². The smallest absolute Gasteiger partial charge is 0.0992 e. The van der Waals surface area contributed by atoms with E-state index < -0.39 is 5.60 Å². The third-order valence-electron chi connectivity index (χ3n) is 3.43. The molecule has 0 aliphatic heterocycles. The molecular weight excluding hydrogens is 210 g/mol. The zero-order valence-corrected chi connectivity index (χ0v) is 11.5. The Hall–Kier alpha value is -0.860. The lowest BCUT2D eigenvalue weighted by Crippen LogP contribution is -2.39. The molecule has 17 heavy (non-hydrogen) atoms. The van der Waals surface area contributed by atoms with Gasteiger partial charge in [0.25, 0.3) is 0 Å². The van der Waals surface area contributed by atoms with Crippen molar-refractivity contribution in [1.29, 1.82) is 0 Å². The van der Waals surface area contributed by atoms with Gasteiger partial charge in [-0.05, 0) is 24.3 Å². The molecule has 0 amide bonds. The Kier molecular flexibility index (Phi) is 4.72. The summed E-state index contributed by atoms with van der Waals surface area (Å²) in [5.41, 5.74) is 0.444. The fourth-order valence-electron chi connectivity index (χ4n) is 1.67. The number of benzene rings is 1. The predicted octanol–water partition coefficient (Wildman–Crippen LogP) is 2.92. The van der Waals surface area contributed by atoms with Gasteiger partial charge < -0.3 is 10.4 Å². The minimum absolute atomic E-state index is 0.284. The summed E-state index contributed by atoms with van der Waals surface area (Å²) in [5.74, 6) is 0. The molecular formula is C15H25NO. The molecule has 1 rings (SSSR count).